The number of hydrogen-bond donors (Lipinski definition) is 1. The maximum absolute atomic E-state index is 12.1. The highest BCUT2D eigenvalue weighted by Gasteiger charge is 2.13. The molecular weight excluding hydrogens is 288 g/mol. The number of nitrogens with zero attached hydrogens (tertiary/aromatic N) is 1. The molecule has 0 radical (unpaired) electrons. The number of nitriles is 1. The molecule has 0 aliphatic carbocycles. The van der Waals surface area contributed by atoms with Crippen molar-refractivity contribution in [1.29, 1.82) is 5.26 Å². The molecule has 4 nitrogen and oxygen atoms in total. The smallest absolute Gasteiger partial charge is 0.258 e. The van der Waals surface area contributed by atoms with Crippen LogP contribution in [0.25, 0.3) is 0 Å². The van der Waals surface area contributed by atoms with Gasteiger partial charge in [-0.05, 0) is 36.2 Å². The zero-order valence-corrected chi connectivity index (χ0v) is 13.2. The second-order valence-corrected chi connectivity index (χ2v) is 5.24. The molecule has 1 amide bonds. The van der Waals surface area contributed by atoms with Crippen molar-refractivity contribution >= 4 is 5.91 Å². The third-order valence-corrected chi connectivity index (χ3v) is 3.47. The molecule has 0 aromatic heterocycles. The summed E-state index contributed by atoms with van der Waals surface area (Å²) in [6.07, 6.45) is 1.86. The highest BCUT2D eigenvalue weighted by atomic mass is 16.5. The molecule has 2 aromatic rings. The monoisotopic (exact) mass is 308 g/mol. The molecule has 2 rings (SSSR count). The van der Waals surface area contributed by atoms with Crippen LogP contribution < -0.4 is 10.1 Å². The first-order valence-corrected chi connectivity index (χ1v) is 7.70. The van der Waals surface area contributed by atoms with E-state index in [-0.39, 0.29) is 18.6 Å². The molecule has 0 aliphatic rings. The average molecular weight is 308 g/mol. The van der Waals surface area contributed by atoms with Gasteiger partial charge in [-0.1, -0.05) is 43.7 Å². The third-order valence-electron chi connectivity index (χ3n) is 3.47. The topological polar surface area (TPSA) is 62.1 Å². The molecule has 2 aromatic carbocycles. The van der Waals surface area contributed by atoms with Gasteiger partial charge in [0.15, 0.2) is 6.61 Å². The van der Waals surface area contributed by atoms with E-state index in [1.54, 1.807) is 24.3 Å². The Hall–Kier alpha value is -2.80. The molecular formula is C19H20N2O2. The van der Waals surface area contributed by atoms with Crippen molar-refractivity contribution in [3.63, 3.8) is 0 Å². The van der Waals surface area contributed by atoms with Crippen LogP contribution in [0, 0.1) is 11.3 Å². The Morgan fingerprint density at radius 3 is 2.48 bits per heavy atom. The zero-order chi connectivity index (χ0) is 16.5. The van der Waals surface area contributed by atoms with Crippen LogP contribution in [0.5, 0.6) is 5.75 Å². The number of hydrogen-bond acceptors (Lipinski definition) is 3. The number of carbonyl (C=O) groups is 1. The molecule has 0 fully saturated rings. The summed E-state index contributed by atoms with van der Waals surface area (Å²) in [4.78, 5) is 12.1. The standard InChI is InChI=1S/C19H20N2O2/c1-2-6-18(16-7-4-3-5-8-16)21-19(22)14-23-17-11-9-15(13-20)10-12-17/h3-5,7-12,18H,2,6,14H2,1H3,(H,21,22). The van der Waals surface area contributed by atoms with Gasteiger partial charge in [-0.2, -0.15) is 5.26 Å². The van der Waals surface area contributed by atoms with Crippen molar-refractivity contribution < 1.29 is 9.53 Å². The van der Waals surface area contributed by atoms with E-state index in [1.165, 1.54) is 0 Å². The lowest BCUT2D eigenvalue weighted by atomic mass is 10.0. The summed E-state index contributed by atoms with van der Waals surface area (Å²) >= 11 is 0. The van der Waals surface area contributed by atoms with Gasteiger partial charge in [0.05, 0.1) is 17.7 Å². The summed E-state index contributed by atoms with van der Waals surface area (Å²) in [5.74, 6) is 0.419. The van der Waals surface area contributed by atoms with Crippen LogP contribution in [-0.4, -0.2) is 12.5 Å². The van der Waals surface area contributed by atoms with Gasteiger partial charge in [0.25, 0.3) is 5.91 Å². The largest absolute Gasteiger partial charge is 0.484 e. The predicted molar refractivity (Wildman–Crippen MR) is 88.9 cm³/mol. The van der Waals surface area contributed by atoms with Gasteiger partial charge in [0, 0.05) is 0 Å². The Kier molecular flexibility index (Phi) is 6.19. The summed E-state index contributed by atoms with van der Waals surface area (Å²) in [5, 5.41) is 11.8. The van der Waals surface area contributed by atoms with E-state index in [9.17, 15) is 4.79 Å². The maximum Gasteiger partial charge on any atom is 0.258 e. The van der Waals surface area contributed by atoms with Crippen LogP contribution in [0.4, 0.5) is 0 Å². The Morgan fingerprint density at radius 1 is 1.17 bits per heavy atom. The van der Waals surface area contributed by atoms with E-state index in [4.69, 9.17) is 10.00 Å². The third kappa shape index (κ3) is 5.15. The molecule has 23 heavy (non-hydrogen) atoms. The van der Waals surface area contributed by atoms with Gasteiger partial charge in [0.1, 0.15) is 5.75 Å². The number of nitrogens with one attached hydrogen (secondary N) is 1. The minimum atomic E-state index is -0.156. The highest BCUT2D eigenvalue weighted by Crippen LogP contribution is 2.18. The summed E-state index contributed by atoms with van der Waals surface area (Å²) in [6, 6.07) is 18.7. The Labute approximate surface area is 136 Å². The fourth-order valence-corrected chi connectivity index (χ4v) is 2.31. The number of amides is 1. The molecule has 0 bridgehead atoms. The summed E-state index contributed by atoms with van der Waals surface area (Å²) in [6.45, 7) is 2.05. The SMILES string of the molecule is CCCC(NC(=O)COc1ccc(C#N)cc1)c1ccccc1. The van der Waals surface area contributed by atoms with Crippen LogP contribution in [0.2, 0.25) is 0 Å². The molecule has 118 valence electrons. The molecule has 0 spiro atoms. The fraction of sp³-hybridized carbons (Fsp3) is 0.263. The van der Waals surface area contributed by atoms with Crippen LogP contribution in [0.1, 0.15) is 36.9 Å². The second-order valence-electron chi connectivity index (χ2n) is 5.24. The molecule has 0 saturated carbocycles. The average Bonchev–Trinajstić information content (AvgIpc) is 2.61. The van der Waals surface area contributed by atoms with Crippen molar-refractivity contribution in [2.24, 2.45) is 0 Å². The normalized spacial score (nSPS) is 11.3. The molecule has 1 unspecified atom stereocenters. The first-order valence-electron chi connectivity index (χ1n) is 7.70. The Bertz CT molecular complexity index is 660. The lowest BCUT2D eigenvalue weighted by molar-refractivity contribution is -0.123. The maximum atomic E-state index is 12.1. The predicted octanol–water partition coefficient (Wildman–Crippen LogP) is 3.59. The molecule has 1 atom stereocenters. The summed E-state index contributed by atoms with van der Waals surface area (Å²) in [7, 11) is 0. The first kappa shape index (κ1) is 16.6. The van der Waals surface area contributed by atoms with Gasteiger partial charge < -0.3 is 10.1 Å². The minimum Gasteiger partial charge on any atom is -0.484 e. The van der Waals surface area contributed by atoms with Crippen LogP contribution in [0.15, 0.2) is 54.6 Å². The first-order chi connectivity index (χ1) is 11.2. The van der Waals surface area contributed by atoms with Crippen molar-refractivity contribution in [1.82, 2.24) is 5.32 Å². The summed E-state index contributed by atoms with van der Waals surface area (Å²) < 4.78 is 5.46. The fourth-order valence-electron chi connectivity index (χ4n) is 2.31. The van der Waals surface area contributed by atoms with Crippen LogP contribution in [0.3, 0.4) is 0 Å². The number of rotatable bonds is 7. The van der Waals surface area contributed by atoms with Gasteiger partial charge in [-0.3, -0.25) is 4.79 Å². The van der Waals surface area contributed by atoms with E-state index in [0.717, 1.165) is 18.4 Å². The highest BCUT2D eigenvalue weighted by molar-refractivity contribution is 5.78. The van der Waals surface area contributed by atoms with E-state index in [1.807, 2.05) is 36.4 Å². The van der Waals surface area contributed by atoms with E-state index in [0.29, 0.717) is 11.3 Å². The lowest BCUT2D eigenvalue weighted by Crippen LogP contribution is -2.32. The van der Waals surface area contributed by atoms with Crippen LogP contribution in [-0.2, 0) is 4.79 Å². The van der Waals surface area contributed by atoms with Crippen molar-refractivity contribution in [3.8, 4) is 11.8 Å². The van der Waals surface area contributed by atoms with Gasteiger partial charge in [0.2, 0.25) is 0 Å². The molecule has 0 aliphatic heterocycles. The van der Waals surface area contributed by atoms with E-state index >= 15 is 0 Å². The molecule has 0 heterocycles. The molecule has 0 saturated heterocycles. The Morgan fingerprint density at radius 2 is 1.87 bits per heavy atom. The number of ether oxygens (including phenoxy) is 1. The number of carbonyl (C=O) groups excluding carboxylic acids is 1. The second kappa shape index (κ2) is 8.60. The van der Waals surface area contributed by atoms with E-state index < -0.39 is 0 Å². The van der Waals surface area contributed by atoms with Crippen molar-refractivity contribution in [2.75, 3.05) is 6.61 Å². The molecule has 1 N–H and O–H groups in total. The quantitative estimate of drug-likeness (QED) is 0.850. The van der Waals surface area contributed by atoms with Gasteiger partial charge >= 0.3 is 0 Å². The van der Waals surface area contributed by atoms with Crippen molar-refractivity contribution in [3.05, 3.63) is 65.7 Å². The summed E-state index contributed by atoms with van der Waals surface area (Å²) in [5.41, 5.74) is 1.66. The molecule has 4 heteroatoms. The zero-order valence-electron chi connectivity index (χ0n) is 13.2. The van der Waals surface area contributed by atoms with Gasteiger partial charge in [-0.25, -0.2) is 0 Å². The number of benzene rings is 2. The van der Waals surface area contributed by atoms with Crippen molar-refractivity contribution in [2.45, 2.75) is 25.8 Å². The Balaban J connectivity index is 1.90. The van der Waals surface area contributed by atoms with E-state index in [2.05, 4.69) is 12.2 Å². The van der Waals surface area contributed by atoms with Gasteiger partial charge in [-0.15, -0.1) is 0 Å². The lowest BCUT2D eigenvalue weighted by Gasteiger charge is -2.18. The van der Waals surface area contributed by atoms with Crippen LogP contribution >= 0.6 is 0 Å². The minimum absolute atomic E-state index is 0.00161.